The Hall–Kier alpha value is -0.0400. The lowest BCUT2D eigenvalue weighted by molar-refractivity contribution is 0.240. The molecule has 1 heterocycles. The average Bonchev–Trinajstić information content (AvgIpc) is 2.74. The van der Waals surface area contributed by atoms with Crippen molar-refractivity contribution in [3.05, 3.63) is 0 Å². The van der Waals surface area contributed by atoms with Crippen LogP contribution in [-0.2, 0) is 0 Å². The zero-order chi connectivity index (χ0) is 9.31. The Bertz CT molecular complexity index is 156. The lowest BCUT2D eigenvalue weighted by Gasteiger charge is -2.23. The molecule has 0 N–H and O–H groups in total. The van der Waals surface area contributed by atoms with Gasteiger partial charge in [-0.05, 0) is 37.6 Å². The fourth-order valence-corrected chi connectivity index (χ4v) is 3.51. The molecule has 2 aliphatic rings. The fraction of sp³-hybridized carbons (Fsp3) is 1.00. The Labute approximate surface area is 82.5 Å². The smallest absolute Gasteiger partial charge is 0.00985 e. The highest BCUT2D eigenvalue weighted by Gasteiger charge is 2.43. The topological polar surface area (TPSA) is 3.24 Å². The second-order valence-electron chi connectivity index (χ2n) is 5.04. The Morgan fingerprint density at radius 1 is 1.23 bits per heavy atom. The highest BCUT2D eigenvalue weighted by Crippen LogP contribution is 2.48. The Morgan fingerprint density at radius 3 is 2.38 bits per heavy atom. The van der Waals surface area contributed by atoms with Gasteiger partial charge >= 0.3 is 0 Å². The molecule has 1 aliphatic heterocycles. The number of rotatable bonds is 2. The Kier molecular flexibility index (Phi) is 2.64. The molecule has 0 bridgehead atoms. The molecule has 1 spiro atoms. The van der Waals surface area contributed by atoms with Gasteiger partial charge in [-0.25, -0.2) is 0 Å². The van der Waals surface area contributed by atoms with E-state index in [9.17, 15) is 0 Å². The van der Waals surface area contributed by atoms with Crippen LogP contribution >= 0.6 is 0 Å². The highest BCUT2D eigenvalue weighted by molar-refractivity contribution is 4.97. The summed E-state index contributed by atoms with van der Waals surface area (Å²) in [6, 6.07) is 0.906. The molecule has 0 aromatic carbocycles. The van der Waals surface area contributed by atoms with E-state index in [0.717, 1.165) is 11.5 Å². The monoisotopic (exact) mass is 181 g/mol. The largest absolute Gasteiger partial charge is 0.300 e. The lowest BCUT2D eigenvalue weighted by atomic mass is 9.83. The van der Waals surface area contributed by atoms with Crippen LogP contribution in [0, 0.1) is 5.41 Å². The molecule has 2 rings (SSSR count). The van der Waals surface area contributed by atoms with Gasteiger partial charge in [-0.1, -0.05) is 26.7 Å². The third kappa shape index (κ3) is 1.63. The standard InChI is InChI=1S/C12H23N/c1-3-11-9-12(7-5-6-8-12)10-13(11)4-2/h11H,3-10H2,1-2H3. The Balaban J connectivity index is 2.03. The molecule has 13 heavy (non-hydrogen) atoms. The van der Waals surface area contributed by atoms with E-state index in [1.165, 1.54) is 51.6 Å². The van der Waals surface area contributed by atoms with Crippen LogP contribution in [0.1, 0.15) is 52.4 Å². The molecule has 1 atom stereocenters. The summed E-state index contributed by atoms with van der Waals surface area (Å²) >= 11 is 0. The van der Waals surface area contributed by atoms with E-state index in [1.807, 2.05) is 0 Å². The number of hydrogen-bond acceptors (Lipinski definition) is 1. The third-order valence-electron chi connectivity index (χ3n) is 4.27. The van der Waals surface area contributed by atoms with Crippen LogP contribution in [0.15, 0.2) is 0 Å². The second kappa shape index (κ2) is 3.61. The maximum absolute atomic E-state index is 2.71. The van der Waals surface area contributed by atoms with Crippen LogP contribution < -0.4 is 0 Å². The fourth-order valence-electron chi connectivity index (χ4n) is 3.51. The maximum Gasteiger partial charge on any atom is 0.00985 e. The quantitative estimate of drug-likeness (QED) is 0.633. The summed E-state index contributed by atoms with van der Waals surface area (Å²) < 4.78 is 0. The van der Waals surface area contributed by atoms with Crippen molar-refractivity contribution in [2.24, 2.45) is 5.41 Å². The van der Waals surface area contributed by atoms with Gasteiger partial charge in [-0.3, -0.25) is 0 Å². The predicted octanol–water partition coefficient (Wildman–Crippen LogP) is 3.05. The van der Waals surface area contributed by atoms with Gasteiger partial charge in [-0.15, -0.1) is 0 Å². The summed E-state index contributed by atoms with van der Waals surface area (Å²) in [5, 5.41) is 0. The van der Waals surface area contributed by atoms with Crippen LogP contribution in [0.2, 0.25) is 0 Å². The minimum Gasteiger partial charge on any atom is -0.300 e. The van der Waals surface area contributed by atoms with E-state index in [1.54, 1.807) is 0 Å². The second-order valence-corrected chi connectivity index (χ2v) is 5.04. The minimum atomic E-state index is 0.761. The van der Waals surface area contributed by atoms with E-state index < -0.39 is 0 Å². The van der Waals surface area contributed by atoms with E-state index in [0.29, 0.717) is 0 Å². The number of nitrogens with zero attached hydrogens (tertiary/aromatic N) is 1. The number of hydrogen-bond donors (Lipinski definition) is 0. The van der Waals surface area contributed by atoms with Gasteiger partial charge in [0.05, 0.1) is 0 Å². The first-order valence-corrected chi connectivity index (χ1v) is 6.04. The molecule has 0 amide bonds. The molecule has 0 aromatic rings. The van der Waals surface area contributed by atoms with Crippen molar-refractivity contribution in [1.29, 1.82) is 0 Å². The molecule has 1 nitrogen and oxygen atoms in total. The van der Waals surface area contributed by atoms with Gasteiger partial charge in [0.15, 0.2) is 0 Å². The first-order valence-electron chi connectivity index (χ1n) is 6.04. The van der Waals surface area contributed by atoms with Crippen molar-refractivity contribution in [1.82, 2.24) is 4.90 Å². The minimum absolute atomic E-state index is 0.761. The first-order chi connectivity index (χ1) is 6.29. The molecule has 0 radical (unpaired) electrons. The molecule has 0 aromatic heterocycles. The van der Waals surface area contributed by atoms with Crippen LogP contribution in [0.4, 0.5) is 0 Å². The Morgan fingerprint density at radius 2 is 1.92 bits per heavy atom. The average molecular weight is 181 g/mol. The van der Waals surface area contributed by atoms with Gasteiger partial charge in [0.1, 0.15) is 0 Å². The van der Waals surface area contributed by atoms with Gasteiger partial charge in [-0.2, -0.15) is 0 Å². The zero-order valence-corrected chi connectivity index (χ0v) is 9.18. The summed E-state index contributed by atoms with van der Waals surface area (Å²) in [6.07, 6.45) is 8.87. The van der Waals surface area contributed by atoms with Gasteiger partial charge in [0, 0.05) is 12.6 Å². The van der Waals surface area contributed by atoms with Gasteiger partial charge in [0.2, 0.25) is 0 Å². The van der Waals surface area contributed by atoms with Crippen molar-refractivity contribution in [2.45, 2.75) is 58.4 Å². The van der Waals surface area contributed by atoms with Gasteiger partial charge in [0.25, 0.3) is 0 Å². The van der Waals surface area contributed by atoms with Crippen LogP contribution in [0.3, 0.4) is 0 Å². The maximum atomic E-state index is 2.71. The van der Waals surface area contributed by atoms with E-state index in [-0.39, 0.29) is 0 Å². The summed E-state index contributed by atoms with van der Waals surface area (Å²) in [5.74, 6) is 0. The summed E-state index contributed by atoms with van der Waals surface area (Å²) in [7, 11) is 0. The molecule has 1 saturated carbocycles. The molecule has 1 heteroatoms. The number of likely N-dealkylation sites (tertiary alicyclic amines) is 1. The van der Waals surface area contributed by atoms with Crippen molar-refractivity contribution in [3.8, 4) is 0 Å². The van der Waals surface area contributed by atoms with Crippen LogP contribution in [0.5, 0.6) is 0 Å². The summed E-state index contributed by atoms with van der Waals surface area (Å²) in [4.78, 5) is 2.71. The van der Waals surface area contributed by atoms with E-state index >= 15 is 0 Å². The molecule has 76 valence electrons. The van der Waals surface area contributed by atoms with Crippen molar-refractivity contribution < 1.29 is 0 Å². The predicted molar refractivity (Wildman–Crippen MR) is 56.8 cm³/mol. The van der Waals surface area contributed by atoms with Crippen molar-refractivity contribution in [2.75, 3.05) is 13.1 Å². The molecule has 2 fully saturated rings. The zero-order valence-electron chi connectivity index (χ0n) is 9.18. The molecular weight excluding hydrogens is 158 g/mol. The first kappa shape index (κ1) is 9.51. The lowest BCUT2D eigenvalue weighted by Crippen LogP contribution is -2.29. The van der Waals surface area contributed by atoms with Gasteiger partial charge < -0.3 is 4.90 Å². The van der Waals surface area contributed by atoms with E-state index in [4.69, 9.17) is 0 Å². The molecule has 1 unspecified atom stereocenters. The molecule has 1 saturated heterocycles. The van der Waals surface area contributed by atoms with Crippen LogP contribution in [-0.4, -0.2) is 24.0 Å². The van der Waals surface area contributed by atoms with E-state index in [2.05, 4.69) is 18.7 Å². The van der Waals surface area contributed by atoms with Crippen molar-refractivity contribution >= 4 is 0 Å². The molecular formula is C12H23N. The normalized spacial score (nSPS) is 33.2. The molecule has 1 aliphatic carbocycles. The SMILES string of the molecule is CCC1CC2(CCCC2)CN1CC. The third-order valence-corrected chi connectivity index (χ3v) is 4.27. The highest BCUT2D eigenvalue weighted by atomic mass is 15.2. The summed E-state index contributed by atoms with van der Waals surface area (Å²) in [5.41, 5.74) is 0.761. The summed E-state index contributed by atoms with van der Waals surface area (Å²) in [6.45, 7) is 7.33. The van der Waals surface area contributed by atoms with Crippen LogP contribution in [0.25, 0.3) is 0 Å². The van der Waals surface area contributed by atoms with Crippen molar-refractivity contribution in [3.63, 3.8) is 0 Å².